The molecule has 0 bridgehead atoms. The molecule has 0 N–H and O–H groups in total. The van der Waals surface area contributed by atoms with Crippen molar-refractivity contribution in [3.05, 3.63) is 36.3 Å². The lowest BCUT2D eigenvalue weighted by atomic mass is 10.3. The number of hydrogen-bond acceptors (Lipinski definition) is 9. The van der Waals surface area contributed by atoms with Crippen molar-refractivity contribution in [2.45, 2.75) is 13.0 Å². The summed E-state index contributed by atoms with van der Waals surface area (Å²) in [6, 6.07) is 6.99. The van der Waals surface area contributed by atoms with Crippen LogP contribution in [0.1, 0.15) is 12.2 Å². The van der Waals surface area contributed by atoms with Gasteiger partial charge in [0.15, 0.2) is 17.3 Å². The number of rotatable bonds is 7. The van der Waals surface area contributed by atoms with E-state index in [0.29, 0.717) is 99.4 Å². The van der Waals surface area contributed by atoms with E-state index < -0.39 is 16.4 Å². The zero-order valence-electron chi connectivity index (χ0n) is 21.4. The molecule has 4 aromatic rings. The summed E-state index contributed by atoms with van der Waals surface area (Å²) in [6.07, 6.45) is 0.0272. The Labute approximate surface area is 223 Å². The summed E-state index contributed by atoms with van der Waals surface area (Å²) in [5, 5.41) is 5.10. The topological polar surface area (TPSA) is 115 Å². The van der Waals surface area contributed by atoms with Crippen LogP contribution in [-0.4, -0.2) is 112 Å². The summed E-state index contributed by atoms with van der Waals surface area (Å²) < 4.78 is 62.2. The van der Waals surface area contributed by atoms with E-state index in [1.54, 1.807) is 35.1 Å². The minimum atomic E-state index is -3.21. The van der Waals surface area contributed by atoms with Crippen LogP contribution in [0.5, 0.6) is 0 Å². The average molecular weight is 562 g/mol. The molecule has 39 heavy (non-hydrogen) atoms. The third kappa shape index (κ3) is 5.06. The van der Waals surface area contributed by atoms with Crippen molar-refractivity contribution in [1.82, 2.24) is 38.5 Å². The zero-order chi connectivity index (χ0) is 27.1. The lowest BCUT2D eigenvalue weighted by molar-refractivity contribution is 0.122. The van der Waals surface area contributed by atoms with Gasteiger partial charge in [0.1, 0.15) is 0 Å². The van der Waals surface area contributed by atoms with Crippen molar-refractivity contribution >= 4 is 38.0 Å². The molecule has 2 aliphatic heterocycles. The van der Waals surface area contributed by atoms with Gasteiger partial charge >= 0.3 is 0 Å². The minimum Gasteiger partial charge on any atom is -0.378 e. The summed E-state index contributed by atoms with van der Waals surface area (Å²) in [7, 11) is -3.21. The second-order valence-electron chi connectivity index (χ2n) is 9.65. The van der Waals surface area contributed by atoms with Crippen molar-refractivity contribution in [3.63, 3.8) is 0 Å². The van der Waals surface area contributed by atoms with Crippen molar-refractivity contribution in [2.24, 2.45) is 0 Å². The summed E-state index contributed by atoms with van der Waals surface area (Å²) in [5.74, 6) is 0.335. The summed E-state index contributed by atoms with van der Waals surface area (Å²) in [5.41, 5.74) is 1.51. The molecule has 0 spiro atoms. The maximum absolute atomic E-state index is 14.2. The summed E-state index contributed by atoms with van der Waals surface area (Å²) >= 11 is 0. The van der Waals surface area contributed by atoms with E-state index in [1.807, 2.05) is 4.90 Å². The number of ether oxygens (including phenoxy) is 1. The predicted octanol–water partition coefficient (Wildman–Crippen LogP) is 1.52. The Hall–Kier alpha value is -3.27. The summed E-state index contributed by atoms with van der Waals surface area (Å²) in [4.78, 5) is 18.0. The summed E-state index contributed by atoms with van der Waals surface area (Å²) in [6.45, 7) is 5.44. The van der Waals surface area contributed by atoms with Crippen molar-refractivity contribution in [2.75, 3.05) is 70.2 Å². The molecule has 6 rings (SSSR count). The standard InChI is InChI=1S/C24H29F2N9O3S/c1-39(36,37)33-9-6-31(7-10-33)8-11-34-21-17(16-27-34)22(30-24(29-21)32-12-14-38-15-13-32)35-19-5-3-2-4-18(19)28-23(35)20(25)26/h2-5,16,20H,6-15H2,1H3. The number of morpholine rings is 1. The van der Waals surface area contributed by atoms with Gasteiger partial charge in [-0.15, -0.1) is 0 Å². The molecule has 0 aliphatic carbocycles. The van der Waals surface area contributed by atoms with Gasteiger partial charge in [-0.3, -0.25) is 9.47 Å². The second kappa shape index (κ2) is 10.4. The highest BCUT2D eigenvalue weighted by Crippen LogP contribution is 2.31. The van der Waals surface area contributed by atoms with Gasteiger partial charge in [0.25, 0.3) is 6.43 Å². The highest BCUT2D eigenvalue weighted by Gasteiger charge is 2.27. The molecule has 3 aromatic heterocycles. The quantitative estimate of drug-likeness (QED) is 0.331. The number of anilines is 1. The molecule has 2 saturated heterocycles. The molecule has 5 heterocycles. The molecule has 2 aliphatic rings. The van der Waals surface area contributed by atoms with Gasteiger partial charge in [-0.25, -0.2) is 26.9 Å². The Bertz CT molecular complexity index is 1590. The first kappa shape index (κ1) is 26.0. The highest BCUT2D eigenvalue weighted by atomic mass is 32.2. The van der Waals surface area contributed by atoms with E-state index in [-0.39, 0.29) is 5.82 Å². The van der Waals surface area contributed by atoms with Crippen molar-refractivity contribution in [1.29, 1.82) is 0 Å². The van der Waals surface area contributed by atoms with Gasteiger partial charge < -0.3 is 9.64 Å². The fourth-order valence-corrected chi connectivity index (χ4v) is 5.93. The molecule has 15 heteroatoms. The van der Waals surface area contributed by atoms with E-state index in [4.69, 9.17) is 14.7 Å². The maximum atomic E-state index is 14.2. The molecule has 0 radical (unpaired) electrons. The van der Waals surface area contributed by atoms with Crippen LogP contribution in [-0.2, 0) is 21.3 Å². The number of aromatic nitrogens is 6. The highest BCUT2D eigenvalue weighted by molar-refractivity contribution is 7.88. The minimum absolute atomic E-state index is 0.304. The molecular formula is C24H29F2N9O3S. The lowest BCUT2D eigenvalue weighted by Crippen LogP contribution is -2.48. The van der Waals surface area contributed by atoms with Crippen LogP contribution in [0, 0.1) is 0 Å². The van der Waals surface area contributed by atoms with Gasteiger partial charge in [0.05, 0.1) is 48.6 Å². The number of benzene rings is 1. The predicted molar refractivity (Wildman–Crippen MR) is 141 cm³/mol. The molecular weight excluding hydrogens is 532 g/mol. The SMILES string of the molecule is CS(=O)(=O)N1CCN(CCn2ncc3c(-n4c(C(F)F)nc5ccccc54)nc(N4CCOCC4)nc32)CC1. The average Bonchev–Trinajstić information content (AvgIpc) is 3.53. The molecule has 0 atom stereocenters. The van der Waals surface area contributed by atoms with Gasteiger partial charge in [0.2, 0.25) is 16.0 Å². The van der Waals surface area contributed by atoms with E-state index in [9.17, 15) is 17.2 Å². The zero-order valence-corrected chi connectivity index (χ0v) is 22.3. The van der Waals surface area contributed by atoms with Gasteiger partial charge in [-0.05, 0) is 12.1 Å². The third-order valence-electron chi connectivity index (χ3n) is 7.18. The van der Waals surface area contributed by atoms with Crippen LogP contribution in [0.4, 0.5) is 14.7 Å². The number of halogens is 2. The number of nitrogens with zero attached hydrogens (tertiary/aromatic N) is 9. The third-order valence-corrected chi connectivity index (χ3v) is 8.48. The van der Waals surface area contributed by atoms with Crippen LogP contribution in [0.2, 0.25) is 0 Å². The van der Waals surface area contributed by atoms with Crippen LogP contribution >= 0.6 is 0 Å². The van der Waals surface area contributed by atoms with E-state index >= 15 is 0 Å². The second-order valence-corrected chi connectivity index (χ2v) is 11.6. The largest absolute Gasteiger partial charge is 0.378 e. The number of hydrogen-bond donors (Lipinski definition) is 0. The van der Waals surface area contributed by atoms with Crippen molar-refractivity contribution in [3.8, 4) is 5.82 Å². The van der Waals surface area contributed by atoms with E-state index in [0.717, 1.165) is 0 Å². The lowest BCUT2D eigenvalue weighted by Gasteiger charge is -2.33. The Morgan fingerprint density at radius 3 is 2.44 bits per heavy atom. The Morgan fingerprint density at radius 1 is 0.974 bits per heavy atom. The molecule has 2 fully saturated rings. The first-order chi connectivity index (χ1) is 18.8. The number of sulfonamides is 1. The first-order valence-electron chi connectivity index (χ1n) is 12.8. The molecule has 0 amide bonds. The number of imidazole rings is 1. The van der Waals surface area contributed by atoms with E-state index in [1.165, 1.54) is 15.1 Å². The molecule has 0 unspecified atom stereocenters. The first-order valence-corrected chi connectivity index (χ1v) is 14.6. The van der Waals surface area contributed by atoms with E-state index in [2.05, 4.69) is 15.0 Å². The fraction of sp³-hybridized carbons (Fsp3) is 0.500. The Balaban J connectivity index is 1.39. The van der Waals surface area contributed by atoms with Gasteiger partial charge in [0, 0.05) is 45.8 Å². The van der Waals surface area contributed by atoms with Gasteiger partial charge in [-0.1, -0.05) is 12.1 Å². The molecule has 12 nitrogen and oxygen atoms in total. The number of piperazine rings is 1. The smallest absolute Gasteiger partial charge is 0.296 e. The van der Waals surface area contributed by atoms with Crippen LogP contribution in [0.3, 0.4) is 0 Å². The van der Waals surface area contributed by atoms with Crippen molar-refractivity contribution < 1.29 is 21.9 Å². The fourth-order valence-electron chi connectivity index (χ4n) is 5.10. The molecule has 208 valence electrons. The normalized spacial score (nSPS) is 18.1. The number of alkyl halides is 2. The molecule has 0 saturated carbocycles. The number of para-hydroxylation sites is 2. The Kier molecular flexibility index (Phi) is 6.91. The van der Waals surface area contributed by atoms with Gasteiger partial charge in [-0.2, -0.15) is 19.4 Å². The molecule has 1 aromatic carbocycles. The van der Waals surface area contributed by atoms with Crippen LogP contribution in [0.15, 0.2) is 30.5 Å². The Morgan fingerprint density at radius 2 is 1.72 bits per heavy atom. The number of fused-ring (bicyclic) bond motifs is 2. The van der Waals surface area contributed by atoms with Crippen LogP contribution in [0.25, 0.3) is 27.9 Å². The van der Waals surface area contributed by atoms with Crippen LogP contribution < -0.4 is 4.90 Å². The monoisotopic (exact) mass is 561 g/mol. The maximum Gasteiger partial charge on any atom is 0.296 e.